The maximum atomic E-state index is 12.3. The van der Waals surface area contributed by atoms with E-state index in [4.69, 9.17) is 4.74 Å². The van der Waals surface area contributed by atoms with Crippen LogP contribution in [-0.2, 0) is 16.1 Å². The third kappa shape index (κ3) is 4.32. The first-order chi connectivity index (χ1) is 11.7. The molecule has 1 aliphatic rings. The molecular weight excluding hydrogens is 326 g/mol. The number of carbonyl (C=O) groups excluding carboxylic acids is 2. The smallest absolute Gasteiger partial charge is 0.410 e. The highest BCUT2D eigenvalue weighted by Crippen LogP contribution is 2.20. The van der Waals surface area contributed by atoms with Crippen LogP contribution < -0.4 is 5.32 Å². The zero-order chi connectivity index (χ0) is 16.8. The number of ether oxygens (including phenoxy) is 1. The summed E-state index contributed by atoms with van der Waals surface area (Å²) in [5.41, 5.74) is 0.945. The summed E-state index contributed by atoms with van der Waals surface area (Å²) in [6, 6.07) is 9.55. The molecule has 1 unspecified atom stereocenters. The number of amides is 2. The van der Waals surface area contributed by atoms with Gasteiger partial charge in [0.15, 0.2) is 5.13 Å². The third-order valence-electron chi connectivity index (χ3n) is 3.92. The molecule has 1 atom stereocenters. The van der Waals surface area contributed by atoms with Crippen LogP contribution in [0.3, 0.4) is 0 Å². The summed E-state index contributed by atoms with van der Waals surface area (Å²) in [6.07, 6.45) is 2.83. The Balaban J connectivity index is 1.51. The molecule has 1 saturated heterocycles. The molecule has 24 heavy (non-hydrogen) atoms. The summed E-state index contributed by atoms with van der Waals surface area (Å²) in [5.74, 6) is -0.322. The van der Waals surface area contributed by atoms with Gasteiger partial charge in [-0.1, -0.05) is 30.3 Å². The van der Waals surface area contributed by atoms with Crippen LogP contribution in [0.15, 0.2) is 41.9 Å². The highest BCUT2D eigenvalue weighted by atomic mass is 32.1. The number of rotatable bonds is 4. The predicted molar refractivity (Wildman–Crippen MR) is 91.7 cm³/mol. The molecule has 0 saturated carbocycles. The number of nitrogens with one attached hydrogen (secondary N) is 1. The topological polar surface area (TPSA) is 71.5 Å². The lowest BCUT2D eigenvalue weighted by Gasteiger charge is -2.31. The second-order valence-electron chi connectivity index (χ2n) is 5.65. The van der Waals surface area contributed by atoms with E-state index in [1.165, 1.54) is 11.3 Å². The first kappa shape index (κ1) is 16.4. The third-order valence-corrected chi connectivity index (χ3v) is 4.61. The lowest BCUT2D eigenvalue weighted by atomic mass is 9.97. The van der Waals surface area contributed by atoms with E-state index in [1.807, 2.05) is 35.7 Å². The van der Waals surface area contributed by atoms with E-state index in [0.717, 1.165) is 18.4 Å². The van der Waals surface area contributed by atoms with Crippen LogP contribution >= 0.6 is 11.3 Å². The quantitative estimate of drug-likeness (QED) is 0.924. The normalized spacial score (nSPS) is 17.3. The monoisotopic (exact) mass is 345 g/mol. The Hall–Kier alpha value is -2.41. The first-order valence-corrected chi connectivity index (χ1v) is 8.76. The van der Waals surface area contributed by atoms with Gasteiger partial charge in [-0.05, 0) is 18.4 Å². The molecule has 6 nitrogen and oxygen atoms in total. The molecule has 0 spiro atoms. The van der Waals surface area contributed by atoms with Crippen molar-refractivity contribution in [1.29, 1.82) is 0 Å². The Morgan fingerprint density at radius 1 is 1.33 bits per heavy atom. The average molecular weight is 345 g/mol. The summed E-state index contributed by atoms with van der Waals surface area (Å²) in [4.78, 5) is 30.2. The number of likely N-dealkylation sites (tertiary alicyclic amines) is 1. The molecular formula is C17H19N3O3S. The number of nitrogens with zero attached hydrogens (tertiary/aromatic N) is 2. The van der Waals surface area contributed by atoms with E-state index >= 15 is 0 Å². The van der Waals surface area contributed by atoms with Gasteiger partial charge in [0.1, 0.15) is 6.61 Å². The van der Waals surface area contributed by atoms with Crippen molar-refractivity contribution in [3.8, 4) is 0 Å². The molecule has 2 heterocycles. The Morgan fingerprint density at radius 2 is 2.17 bits per heavy atom. The Bertz CT molecular complexity index is 676. The van der Waals surface area contributed by atoms with Gasteiger partial charge >= 0.3 is 6.09 Å². The molecule has 126 valence electrons. The Morgan fingerprint density at radius 3 is 2.92 bits per heavy atom. The van der Waals surface area contributed by atoms with Crippen LogP contribution in [0.1, 0.15) is 18.4 Å². The van der Waals surface area contributed by atoms with E-state index in [9.17, 15) is 9.59 Å². The van der Waals surface area contributed by atoms with Crippen molar-refractivity contribution in [3.63, 3.8) is 0 Å². The van der Waals surface area contributed by atoms with Crippen molar-refractivity contribution in [2.75, 3.05) is 18.4 Å². The summed E-state index contributed by atoms with van der Waals surface area (Å²) in [5, 5.41) is 5.19. The zero-order valence-corrected chi connectivity index (χ0v) is 14.0. The fourth-order valence-electron chi connectivity index (χ4n) is 2.66. The van der Waals surface area contributed by atoms with Gasteiger partial charge in [-0.3, -0.25) is 4.79 Å². The standard InChI is InChI=1S/C17H19N3O3S/c21-15(19-16-18-8-10-24-16)14-7-4-9-20(11-14)17(22)23-12-13-5-2-1-3-6-13/h1-3,5-6,8,10,14H,4,7,9,11-12H2,(H,18,19,21). The molecule has 7 heteroatoms. The van der Waals surface area contributed by atoms with Crippen LogP contribution in [0.5, 0.6) is 0 Å². The second kappa shape index (κ2) is 7.92. The van der Waals surface area contributed by atoms with E-state index < -0.39 is 0 Å². The van der Waals surface area contributed by atoms with Gasteiger partial charge in [0.2, 0.25) is 5.91 Å². The highest BCUT2D eigenvalue weighted by Gasteiger charge is 2.29. The fraction of sp³-hybridized carbons (Fsp3) is 0.353. The van der Waals surface area contributed by atoms with Crippen LogP contribution in [0.25, 0.3) is 0 Å². The number of benzene rings is 1. The predicted octanol–water partition coefficient (Wildman–Crippen LogP) is 3.13. The summed E-state index contributed by atoms with van der Waals surface area (Å²) < 4.78 is 5.35. The van der Waals surface area contributed by atoms with Crippen molar-refractivity contribution in [3.05, 3.63) is 47.5 Å². The lowest BCUT2D eigenvalue weighted by Crippen LogP contribution is -2.43. The molecule has 1 fully saturated rings. The molecule has 0 bridgehead atoms. The average Bonchev–Trinajstić information content (AvgIpc) is 3.13. The van der Waals surface area contributed by atoms with Gasteiger partial charge in [0.05, 0.1) is 5.92 Å². The van der Waals surface area contributed by atoms with E-state index in [0.29, 0.717) is 18.2 Å². The summed E-state index contributed by atoms with van der Waals surface area (Å²) in [7, 11) is 0. The molecule has 3 rings (SSSR count). The maximum Gasteiger partial charge on any atom is 0.410 e. The van der Waals surface area contributed by atoms with Crippen molar-refractivity contribution in [2.45, 2.75) is 19.4 Å². The van der Waals surface area contributed by atoms with E-state index in [-0.39, 0.29) is 24.5 Å². The molecule has 0 radical (unpaired) electrons. The molecule has 2 amide bonds. The van der Waals surface area contributed by atoms with Gasteiger partial charge in [-0.2, -0.15) is 0 Å². The van der Waals surface area contributed by atoms with Gasteiger partial charge in [0, 0.05) is 24.7 Å². The second-order valence-corrected chi connectivity index (χ2v) is 6.55. The number of hydrogen-bond acceptors (Lipinski definition) is 5. The minimum atomic E-state index is -0.370. The highest BCUT2D eigenvalue weighted by molar-refractivity contribution is 7.13. The number of hydrogen-bond donors (Lipinski definition) is 1. The van der Waals surface area contributed by atoms with Gasteiger partial charge in [-0.25, -0.2) is 9.78 Å². The number of anilines is 1. The number of carbonyl (C=O) groups is 2. The summed E-state index contributed by atoms with van der Waals surface area (Å²) >= 11 is 1.38. The largest absolute Gasteiger partial charge is 0.445 e. The van der Waals surface area contributed by atoms with Crippen LogP contribution in [0.2, 0.25) is 0 Å². The molecule has 1 N–H and O–H groups in total. The molecule has 1 aliphatic heterocycles. The molecule has 2 aromatic rings. The Kier molecular flexibility index (Phi) is 5.43. The van der Waals surface area contributed by atoms with Crippen molar-refractivity contribution >= 4 is 28.5 Å². The van der Waals surface area contributed by atoms with E-state index in [1.54, 1.807) is 11.1 Å². The van der Waals surface area contributed by atoms with Crippen molar-refractivity contribution < 1.29 is 14.3 Å². The number of piperidine rings is 1. The lowest BCUT2D eigenvalue weighted by molar-refractivity contribution is -0.121. The molecule has 1 aromatic heterocycles. The minimum absolute atomic E-state index is 0.0921. The minimum Gasteiger partial charge on any atom is -0.445 e. The van der Waals surface area contributed by atoms with Crippen molar-refractivity contribution in [1.82, 2.24) is 9.88 Å². The van der Waals surface area contributed by atoms with Crippen LogP contribution in [0, 0.1) is 5.92 Å². The number of thiazole rings is 1. The maximum absolute atomic E-state index is 12.3. The van der Waals surface area contributed by atoms with Crippen molar-refractivity contribution in [2.24, 2.45) is 5.92 Å². The zero-order valence-electron chi connectivity index (χ0n) is 13.2. The van der Waals surface area contributed by atoms with Gasteiger partial charge < -0.3 is 15.0 Å². The molecule has 0 aliphatic carbocycles. The van der Waals surface area contributed by atoms with Crippen LogP contribution in [0.4, 0.5) is 9.93 Å². The van der Waals surface area contributed by atoms with Crippen LogP contribution in [-0.4, -0.2) is 35.0 Å². The van der Waals surface area contributed by atoms with E-state index in [2.05, 4.69) is 10.3 Å². The summed E-state index contributed by atoms with van der Waals surface area (Å²) in [6.45, 7) is 1.24. The van der Waals surface area contributed by atoms with Gasteiger partial charge in [-0.15, -0.1) is 11.3 Å². The first-order valence-electron chi connectivity index (χ1n) is 7.88. The van der Waals surface area contributed by atoms with Gasteiger partial charge in [0.25, 0.3) is 0 Å². The fourth-order valence-corrected chi connectivity index (χ4v) is 3.19. The molecule has 1 aromatic carbocycles. The number of aromatic nitrogens is 1. The Labute approximate surface area is 144 Å². The SMILES string of the molecule is O=C(Nc1nccs1)C1CCCN(C(=O)OCc2ccccc2)C1.